The molecule has 1 fully saturated rings. The van der Waals surface area contributed by atoms with Crippen LogP contribution >= 0.6 is 0 Å². The third kappa shape index (κ3) is 3.28. The minimum absolute atomic E-state index is 0.0471. The number of benzene rings is 1. The van der Waals surface area contributed by atoms with Gasteiger partial charge >= 0.3 is 0 Å². The van der Waals surface area contributed by atoms with Gasteiger partial charge in [-0.3, -0.25) is 0 Å². The molecule has 21 heavy (non-hydrogen) atoms. The Balaban J connectivity index is 2.44. The molecule has 118 valence electrons. The van der Waals surface area contributed by atoms with Crippen LogP contribution in [0.5, 0.6) is 0 Å². The molecule has 0 radical (unpaired) electrons. The summed E-state index contributed by atoms with van der Waals surface area (Å²) in [7, 11) is 1.86. The molecule has 1 nitrogen and oxygen atoms in total. The molecule has 1 saturated carbocycles. The van der Waals surface area contributed by atoms with Crippen molar-refractivity contribution in [1.82, 2.24) is 5.32 Å². The van der Waals surface area contributed by atoms with Crippen molar-refractivity contribution < 1.29 is 8.78 Å². The first-order valence-corrected chi connectivity index (χ1v) is 8.02. The second kappa shape index (κ2) is 6.43. The predicted octanol–water partition coefficient (Wildman–Crippen LogP) is 5.14. The van der Waals surface area contributed by atoms with Crippen molar-refractivity contribution in [3.05, 3.63) is 34.9 Å². The van der Waals surface area contributed by atoms with Gasteiger partial charge in [-0.1, -0.05) is 26.7 Å². The molecular formula is C18H27F2N. The molecule has 1 aromatic carbocycles. The Labute approximate surface area is 127 Å². The highest BCUT2D eigenvalue weighted by Crippen LogP contribution is 2.52. The fourth-order valence-corrected chi connectivity index (χ4v) is 4.18. The van der Waals surface area contributed by atoms with E-state index in [4.69, 9.17) is 0 Å². The van der Waals surface area contributed by atoms with E-state index in [1.165, 1.54) is 25.0 Å². The van der Waals surface area contributed by atoms with Crippen LogP contribution in [0.4, 0.5) is 8.78 Å². The van der Waals surface area contributed by atoms with Crippen LogP contribution in [0, 0.1) is 29.9 Å². The number of aryl methyl sites for hydroxylation is 1. The number of nitrogens with one attached hydrogen (secondary N) is 1. The highest BCUT2D eigenvalue weighted by atomic mass is 19.1. The lowest BCUT2D eigenvalue weighted by Gasteiger charge is -2.39. The fraction of sp³-hybridized carbons (Fsp3) is 0.667. The van der Waals surface area contributed by atoms with Gasteiger partial charge < -0.3 is 5.32 Å². The maximum atomic E-state index is 14.4. The van der Waals surface area contributed by atoms with Gasteiger partial charge in [0.25, 0.3) is 0 Å². The van der Waals surface area contributed by atoms with E-state index in [9.17, 15) is 8.78 Å². The van der Waals surface area contributed by atoms with Crippen molar-refractivity contribution in [2.45, 2.75) is 58.9 Å². The zero-order valence-corrected chi connectivity index (χ0v) is 13.6. The molecule has 0 bridgehead atoms. The van der Waals surface area contributed by atoms with Crippen molar-refractivity contribution in [3.8, 4) is 0 Å². The molecule has 1 aliphatic rings. The van der Waals surface area contributed by atoms with Crippen LogP contribution in [0.1, 0.15) is 63.1 Å². The number of halogens is 2. The summed E-state index contributed by atoms with van der Waals surface area (Å²) in [6, 6.07) is 2.61. The SMILES string of the molecule is CNC(c1cc(F)c(C)cc1F)C1(CC(C)C)CCCC1. The van der Waals surface area contributed by atoms with E-state index in [0.717, 1.165) is 19.3 Å². The van der Waals surface area contributed by atoms with Crippen molar-refractivity contribution in [3.63, 3.8) is 0 Å². The standard InChI is InChI=1S/C18H27F2N/c1-12(2)11-18(7-5-6-8-18)17(21-4)14-10-15(19)13(3)9-16(14)20/h9-10,12,17,21H,5-8,11H2,1-4H3. The molecule has 0 aromatic heterocycles. The van der Waals surface area contributed by atoms with E-state index in [1.807, 2.05) is 7.05 Å². The summed E-state index contributed by atoms with van der Waals surface area (Å²) in [4.78, 5) is 0. The Bertz CT molecular complexity index is 490. The topological polar surface area (TPSA) is 12.0 Å². The Kier molecular flexibility index (Phi) is 5.03. The summed E-state index contributed by atoms with van der Waals surface area (Å²) < 4.78 is 28.4. The van der Waals surface area contributed by atoms with Crippen LogP contribution in [0.2, 0.25) is 0 Å². The fourth-order valence-electron chi connectivity index (χ4n) is 4.18. The molecule has 0 saturated heterocycles. The molecule has 3 heteroatoms. The number of hydrogen-bond acceptors (Lipinski definition) is 1. The molecule has 1 aromatic rings. The van der Waals surface area contributed by atoms with Crippen LogP contribution < -0.4 is 5.32 Å². The largest absolute Gasteiger partial charge is 0.312 e. The molecule has 1 atom stereocenters. The van der Waals surface area contributed by atoms with Gasteiger partial charge in [0.05, 0.1) is 0 Å². The molecule has 2 rings (SSSR count). The molecule has 0 aliphatic heterocycles. The molecule has 1 aliphatic carbocycles. The average molecular weight is 295 g/mol. The average Bonchev–Trinajstić information content (AvgIpc) is 2.84. The lowest BCUT2D eigenvalue weighted by atomic mass is 9.70. The van der Waals surface area contributed by atoms with Gasteiger partial charge in [0.1, 0.15) is 11.6 Å². The van der Waals surface area contributed by atoms with Crippen LogP contribution in [0.3, 0.4) is 0 Å². The second-order valence-corrected chi connectivity index (χ2v) is 7.01. The van der Waals surface area contributed by atoms with E-state index in [0.29, 0.717) is 17.0 Å². The van der Waals surface area contributed by atoms with Crippen LogP contribution in [0.25, 0.3) is 0 Å². The summed E-state index contributed by atoms with van der Waals surface area (Å²) in [5.41, 5.74) is 0.907. The van der Waals surface area contributed by atoms with Crippen molar-refractivity contribution >= 4 is 0 Å². The van der Waals surface area contributed by atoms with E-state index < -0.39 is 0 Å². The summed E-state index contributed by atoms with van der Waals surface area (Å²) in [5, 5.41) is 3.29. The van der Waals surface area contributed by atoms with E-state index in [2.05, 4.69) is 19.2 Å². The molecule has 0 amide bonds. The summed E-state index contributed by atoms with van der Waals surface area (Å²) in [5.74, 6) is -0.0510. The van der Waals surface area contributed by atoms with E-state index in [1.54, 1.807) is 6.92 Å². The zero-order chi connectivity index (χ0) is 15.6. The first kappa shape index (κ1) is 16.4. The Morgan fingerprint density at radius 2 is 1.76 bits per heavy atom. The smallest absolute Gasteiger partial charge is 0.128 e. The predicted molar refractivity (Wildman–Crippen MR) is 83.3 cm³/mol. The Morgan fingerprint density at radius 3 is 2.29 bits per heavy atom. The summed E-state index contributed by atoms with van der Waals surface area (Å²) >= 11 is 0. The second-order valence-electron chi connectivity index (χ2n) is 7.01. The normalized spacial score (nSPS) is 19.2. The molecule has 1 N–H and O–H groups in total. The van der Waals surface area contributed by atoms with Crippen LogP contribution in [-0.4, -0.2) is 7.05 Å². The third-order valence-corrected chi connectivity index (χ3v) is 4.90. The van der Waals surface area contributed by atoms with Gasteiger partial charge in [-0.25, -0.2) is 8.78 Å². The van der Waals surface area contributed by atoms with E-state index in [-0.39, 0.29) is 23.1 Å². The molecule has 0 heterocycles. The Morgan fingerprint density at radius 1 is 1.14 bits per heavy atom. The maximum Gasteiger partial charge on any atom is 0.128 e. The lowest BCUT2D eigenvalue weighted by molar-refractivity contribution is 0.158. The monoisotopic (exact) mass is 295 g/mol. The lowest BCUT2D eigenvalue weighted by Crippen LogP contribution is -2.36. The summed E-state index contributed by atoms with van der Waals surface area (Å²) in [6.07, 6.45) is 5.59. The highest BCUT2D eigenvalue weighted by Gasteiger charge is 2.42. The zero-order valence-electron chi connectivity index (χ0n) is 13.6. The van der Waals surface area contributed by atoms with Gasteiger partial charge in [0.15, 0.2) is 0 Å². The molecular weight excluding hydrogens is 268 g/mol. The number of hydrogen-bond donors (Lipinski definition) is 1. The molecule has 0 spiro atoms. The van der Waals surface area contributed by atoms with Crippen molar-refractivity contribution in [1.29, 1.82) is 0 Å². The van der Waals surface area contributed by atoms with Gasteiger partial charge in [-0.15, -0.1) is 0 Å². The highest BCUT2D eigenvalue weighted by molar-refractivity contribution is 5.29. The van der Waals surface area contributed by atoms with Crippen molar-refractivity contribution in [2.75, 3.05) is 7.05 Å². The first-order chi connectivity index (χ1) is 9.89. The van der Waals surface area contributed by atoms with Gasteiger partial charge in [0, 0.05) is 11.6 Å². The number of rotatable bonds is 5. The van der Waals surface area contributed by atoms with Crippen molar-refractivity contribution in [2.24, 2.45) is 11.3 Å². The van der Waals surface area contributed by atoms with E-state index >= 15 is 0 Å². The maximum absolute atomic E-state index is 14.4. The Hall–Kier alpha value is -0.960. The minimum Gasteiger partial charge on any atom is -0.312 e. The molecule has 1 unspecified atom stereocenters. The van der Waals surface area contributed by atoms with Gasteiger partial charge in [-0.05, 0) is 62.3 Å². The van der Waals surface area contributed by atoms with Crippen LogP contribution in [0.15, 0.2) is 12.1 Å². The quantitative estimate of drug-likeness (QED) is 0.793. The summed E-state index contributed by atoms with van der Waals surface area (Å²) in [6.45, 7) is 6.02. The van der Waals surface area contributed by atoms with Crippen LogP contribution in [-0.2, 0) is 0 Å². The first-order valence-electron chi connectivity index (χ1n) is 8.02. The van der Waals surface area contributed by atoms with Gasteiger partial charge in [-0.2, -0.15) is 0 Å². The minimum atomic E-state index is -0.315. The van der Waals surface area contributed by atoms with Gasteiger partial charge in [0.2, 0.25) is 0 Å². The third-order valence-electron chi connectivity index (χ3n) is 4.90.